The minimum absolute atomic E-state index is 0.584. The highest BCUT2D eigenvalue weighted by molar-refractivity contribution is 5.85. The van der Waals surface area contributed by atoms with Crippen molar-refractivity contribution in [1.29, 1.82) is 5.26 Å². The van der Waals surface area contributed by atoms with E-state index in [4.69, 9.17) is 10.00 Å². The Morgan fingerprint density at radius 3 is 2.78 bits per heavy atom. The zero-order valence-electron chi connectivity index (χ0n) is 10.4. The van der Waals surface area contributed by atoms with E-state index in [9.17, 15) is 0 Å². The third-order valence-corrected chi connectivity index (χ3v) is 2.80. The fourth-order valence-electron chi connectivity index (χ4n) is 1.94. The highest BCUT2D eigenvalue weighted by Crippen LogP contribution is 2.20. The van der Waals surface area contributed by atoms with Crippen LogP contribution in [0, 0.1) is 11.3 Å². The molecule has 0 saturated carbocycles. The number of hydrogen-bond acceptors (Lipinski definition) is 2. The van der Waals surface area contributed by atoms with Gasteiger partial charge in [0.15, 0.2) is 0 Å². The van der Waals surface area contributed by atoms with Crippen LogP contribution in [0.4, 0.5) is 0 Å². The highest BCUT2D eigenvalue weighted by Gasteiger charge is 2.03. The molecule has 0 atom stereocenters. The molecule has 0 aliphatic carbocycles. The van der Waals surface area contributed by atoms with Gasteiger partial charge in [0.2, 0.25) is 0 Å². The molecule has 0 heterocycles. The molecule has 0 unspecified atom stereocenters. The Balaban J connectivity index is 2.34. The van der Waals surface area contributed by atoms with Crippen molar-refractivity contribution in [3.8, 4) is 6.07 Å². The maximum atomic E-state index is 9.09. The number of hydrogen-bond donors (Lipinski definition) is 0. The van der Waals surface area contributed by atoms with Crippen molar-refractivity contribution < 1.29 is 4.74 Å². The zero-order valence-corrected chi connectivity index (χ0v) is 10.4. The molecule has 0 amide bonds. The summed E-state index contributed by atoms with van der Waals surface area (Å²) in [6.07, 6.45) is 2.17. The van der Waals surface area contributed by atoms with E-state index >= 15 is 0 Å². The van der Waals surface area contributed by atoms with Crippen molar-refractivity contribution in [2.45, 2.75) is 13.3 Å². The first-order valence-electron chi connectivity index (χ1n) is 6.02. The Bertz CT molecular complexity index is 603. The minimum Gasteiger partial charge on any atom is -0.500 e. The molecular weight excluding hydrogens is 222 g/mol. The maximum absolute atomic E-state index is 9.09. The van der Waals surface area contributed by atoms with Crippen LogP contribution in [0.2, 0.25) is 0 Å². The van der Waals surface area contributed by atoms with Gasteiger partial charge >= 0.3 is 0 Å². The number of nitrogens with zero attached hydrogens (tertiary/aromatic N) is 1. The van der Waals surface area contributed by atoms with Crippen LogP contribution >= 0.6 is 0 Å². The van der Waals surface area contributed by atoms with Gasteiger partial charge in [-0.15, -0.1) is 0 Å². The molecule has 0 fully saturated rings. The quantitative estimate of drug-likeness (QED) is 0.598. The predicted molar refractivity (Wildman–Crippen MR) is 73.0 cm³/mol. The molecule has 2 aromatic rings. The van der Waals surface area contributed by atoms with Crippen LogP contribution < -0.4 is 0 Å². The monoisotopic (exact) mass is 237 g/mol. The zero-order chi connectivity index (χ0) is 12.8. The predicted octanol–water partition coefficient (Wildman–Crippen LogP) is 3.83. The lowest BCUT2D eigenvalue weighted by molar-refractivity contribution is 0.266. The first-order valence-corrected chi connectivity index (χ1v) is 6.02. The summed E-state index contributed by atoms with van der Waals surface area (Å²) in [6, 6.07) is 16.5. The standard InChI is InChI=1S/C16H15NO/c1-2-18-12-13(11-17)10-15-8-5-7-14-6-3-4-9-16(14)15/h3-9,12H,2,10H2,1H3/b13-12-. The average Bonchev–Trinajstić information content (AvgIpc) is 2.43. The summed E-state index contributed by atoms with van der Waals surface area (Å²) in [7, 11) is 0. The first-order chi connectivity index (χ1) is 8.85. The summed E-state index contributed by atoms with van der Waals surface area (Å²) in [4.78, 5) is 0. The van der Waals surface area contributed by atoms with E-state index in [0.717, 1.165) is 5.56 Å². The Hall–Kier alpha value is -2.27. The minimum atomic E-state index is 0.584. The molecular formula is C16H15NO. The second-order valence-electron chi connectivity index (χ2n) is 4.03. The molecule has 0 spiro atoms. The molecule has 0 aliphatic heterocycles. The third-order valence-electron chi connectivity index (χ3n) is 2.80. The molecule has 0 saturated heterocycles. The number of rotatable bonds is 4. The molecule has 2 nitrogen and oxygen atoms in total. The van der Waals surface area contributed by atoms with Crippen molar-refractivity contribution in [3.63, 3.8) is 0 Å². The van der Waals surface area contributed by atoms with Crippen LogP contribution in [-0.4, -0.2) is 6.61 Å². The summed E-state index contributed by atoms with van der Waals surface area (Å²) >= 11 is 0. The second-order valence-corrected chi connectivity index (χ2v) is 4.03. The van der Waals surface area contributed by atoms with Gasteiger partial charge in [0, 0.05) is 6.42 Å². The van der Waals surface area contributed by atoms with Gasteiger partial charge in [-0.1, -0.05) is 42.5 Å². The number of benzene rings is 2. The lowest BCUT2D eigenvalue weighted by Gasteiger charge is -2.05. The largest absolute Gasteiger partial charge is 0.500 e. The SMILES string of the molecule is CCO/C=C(\C#N)Cc1cccc2ccccc12. The van der Waals surface area contributed by atoms with Gasteiger partial charge in [0.25, 0.3) is 0 Å². The second kappa shape index (κ2) is 5.88. The normalized spacial score (nSPS) is 11.2. The van der Waals surface area contributed by atoms with E-state index < -0.39 is 0 Å². The number of nitriles is 1. The topological polar surface area (TPSA) is 33.0 Å². The summed E-state index contributed by atoms with van der Waals surface area (Å²) in [5.41, 5.74) is 1.80. The van der Waals surface area contributed by atoms with Gasteiger partial charge < -0.3 is 4.74 Å². The molecule has 0 radical (unpaired) electrons. The lowest BCUT2D eigenvalue weighted by Crippen LogP contribution is -1.92. The Morgan fingerprint density at radius 1 is 1.22 bits per heavy atom. The van der Waals surface area contributed by atoms with Crippen molar-refractivity contribution in [2.75, 3.05) is 6.61 Å². The molecule has 2 heteroatoms. The van der Waals surface area contributed by atoms with Gasteiger partial charge in [-0.25, -0.2) is 0 Å². The highest BCUT2D eigenvalue weighted by atomic mass is 16.5. The average molecular weight is 237 g/mol. The van der Waals surface area contributed by atoms with Gasteiger partial charge in [0.1, 0.15) is 0 Å². The summed E-state index contributed by atoms with van der Waals surface area (Å²) in [5, 5.41) is 11.5. The molecule has 0 aromatic heterocycles. The summed E-state index contributed by atoms with van der Waals surface area (Å²) in [5.74, 6) is 0. The Kier molecular flexibility index (Phi) is 3.98. The van der Waals surface area contributed by atoms with Crippen LogP contribution in [-0.2, 0) is 11.2 Å². The van der Waals surface area contributed by atoms with Crippen molar-refractivity contribution in [2.24, 2.45) is 0 Å². The van der Waals surface area contributed by atoms with Crippen LogP contribution in [0.5, 0.6) is 0 Å². The van der Waals surface area contributed by atoms with Crippen LogP contribution in [0.15, 0.2) is 54.3 Å². The van der Waals surface area contributed by atoms with E-state index in [1.807, 2.05) is 25.1 Å². The number of allylic oxidation sites excluding steroid dienone is 1. The van der Waals surface area contributed by atoms with Gasteiger partial charge in [-0.05, 0) is 23.3 Å². The molecule has 90 valence electrons. The molecule has 0 aliphatic rings. The van der Waals surface area contributed by atoms with E-state index in [2.05, 4.69) is 30.3 Å². The van der Waals surface area contributed by atoms with E-state index in [0.29, 0.717) is 18.6 Å². The molecule has 18 heavy (non-hydrogen) atoms. The van der Waals surface area contributed by atoms with Gasteiger partial charge in [-0.2, -0.15) is 5.26 Å². The summed E-state index contributed by atoms with van der Waals surface area (Å²) < 4.78 is 5.19. The van der Waals surface area contributed by atoms with E-state index in [-0.39, 0.29) is 0 Å². The Labute approximate surface area is 107 Å². The van der Waals surface area contributed by atoms with E-state index in [1.165, 1.54) is 10.8 Å². The van der Waals surface area contributed by atoms with Crippen LogP contribution in [0.25, 0.3) is 10.8 Å². The van der Waals surface area contributed by atoms with Crippen molar-refractivity contribution >= 4 is 10.8 Å². The molecule has 0 N–H and O–H groups in total. The van der Waals surface area contributed by atoms with Gasteiger partial charge in [0.05, 0.1) is 24.5 Å². The Morgan fingerprint density at radius 2 is 2.00 bits per heavy atom. The summed E-state index contributed by atoms with van der Waals surface area (Å²) in [6.45, 7) is 2.49. The maximum Gasteiger partial charge on any atom is 0.0982 e. The fraction of sp³-hybridized carbons (Fsp3) is 0.188. The van der Waals surface area contributed by atoms with Crippen LogP contribution in [0.3, 0.4) is 0 Å². The first kappa shape index (κ1) is 12.2. The molecule has 2 aromatic carbocycles. The smallest absolute Gasteiger partial charge is 0.0982 e. The fourth-order valence-corrected chi connectivity index (χ4v) is 1.94. The van der Waals surface area contributed by atoms with Gasteiger partial charge in [-0.3, -0.25) is 0 Å². The molecule has 0 bridgehead atoms. The van der Waals surface area contributed by atoms with Crippen molar-refractivity contribution in [3.05, 3.63) is 59.9 Å². The molecule has 2 rings (SSSR count). The number of fused-ring (bicyclic) bond motifs is 1. The third kappa shape index (κ3) is 2.70. The number of ether oxygens (including phenoxy) is 1. The lowest BCUT2D eigenvalue weighted by atomic mass is 9.99. The van der Waals surface area contributed by atoms with Crippen LogP contribution in [0.1, 0.15) is 12.5 Å². The van der Waals surface area contributed by atoms with Crippen molar-refractivity contribution in [1.82, 2.24) is 0 Å². The van der Waals surface area contributed by atoms with E-state index in [1.54, 1.807) is 6.26 Å².